The molecule has 8 atom stereocenters. The summed E-state index contributed by atoms with van der Waals surface area (Å²) in [4.78, 5) is 40.5. The van der Waals surface area contributed by atoms with E-state index in [1.54, 1.807) is 50.2 Å². The summed E-state index contributed by atoms with van der Waals surface area (Å²) in [6.07, 6.45) is -1.13. The van der Waals surface area contributed by atoms with Crippen LogP contribution in [0.1, 0.15) is 20.3 Å². The van der Waals surface area contributed by atoms with Gasteiger partial charge in [0.25, 0.3) is 0 Å². The van der Waals surface area contributed by atoms with Gasteiger partial charge in [-0.1, -0.05) is 6.92 Å². The molecule has 3 heterocycles. The second-order valence-corrected chi connectivity index (χ2v) is 10.4. The molecule has 2 saturated heterocycles. The molecule has 0 saturated carbocycles. The van der Waals surface area contributed by atoms with E-state index in [2.05, 4.69) is 5.32 Å². The van der Waals surface area contributed by atoms with Crippen LogP contribution in [-0.4, -0.2) is 87.3 Å². The molecule has 37 heavy (non-hydrogen) atoms. The molecule has 3 aliphatic heterocycles. The number of hydrogen-bond acceptors (Lipinski definition) is 10. The summed E-state index contributed by atoms with van der Waals surface area (Å²) >= 11 is 0. The molecular formula is C26H32N2O9. The number of esters is 2. The summed E-state index contributed by atoms with van der Waals surface area (Å²) in [5.74, 6) is -0.627. The van der Waals surface area contributed by atoms with Crippen LogP contribution in [-0.2, 0) is 28.5 Å². The minimum atomic E-state index is -0.861. The van der Waals surface area contributed by atoms with Crippen molar-refractivity contribution in [3.8, 4) is 11.5 Å². The minimum absolute atomic E-state index is 0.320. The van der Waals surface area contributed by atoms with Crippen LogP contribution in [0, 0.1) is 11.8 Å². The van der Waals surface area contributed by atoms with Crippen molar-refractivity contribution in [2.45, 2.75) is 56.3 Å². The summed E-state index contributed by atoms with van der Waals surface area (Å²) in [5.41, 5.74) is -0.000737. The number of nitrogens with zero attached hydrogens (tertiary/aromatic N) is 1. The lowest BCUT2D eigenvalue weighted by molar-refractivity contribution is -0.144. The maximum absolute atomic E-state index is 13.2. The fraction of sp³-hybridized carbons (Fsp3) is 0.577. The third kappa shape index (κ3) is 4.40. The molecule has 1 aromatic rings. The van der Waals surface area contributed by atoms with Crippen LogP contribution in [0.3, 0.4) is 0 Å². The van der Waals surface area contributed by atoms with Crippen LogP contribution < -0.4 is 14.8 Å². The van der Waals surface area contributed by atoms with Crippen molar-refractivity contribution in [3.05, 3.63) is 29.8 Å². The second kappa shape index (κ2) is 9.21. The average Bonchev–Trinajstić information content (AvgIpc) is 3.24. The van der Waals surface area contributed by atoms with Crippen molar-refractivity contribution >= 4 is 23.7 Å². The molecule has 1 aromatic carbocycles. The first-order valence-electron chi connectivity index (χ1n) is 12.2. The van der Waals surface area contributed by atoms with Gasteiger partial charge in [0.05, 0.1) is 43.0 Å². The van der Waals surface area contributed by atoms with Gasteiger partial charge in [0.2, 0.25) is 0 Å². The maximum atomic E-state index is 13.2. The van der Waals surface area contributed by atoms with Crippen LogP contribution >= 0.6 is 0 Å². The van der Waals surface area contributed by atoms with Gasteiger partial charge in [-0.15, -0.1) is 0 Å². The van der Waals surface area contributed by atoms with Gasteiger partial charge < -0.3 is 28.4 Å². The lowest BCUT2D eigenvalue weighted by Crippen LogP contribution is -2.49. The van der Waals surface area contributed by atoms with Gasteiger partial charge in [-0.2, -0.15) is 0 Å². The van der Waals surface area contributed by atoms with Gasteiger partial charge in [-0.05, 0) is 39.2 Å². The summed E-state index contributed by atoms with van der Waals surface area (Å²) in [6.45, 7) is 3.69. The van der Waals surface area contributed by atoms with Crippen LogP contribution in [0.15, 0.2) is 29.8 Å². The average molecular weight is 517 g/mol. The predicted octanol–water partition coefficient (Wildman–Crippen LogP) is 2.14. The molecule has 2 bridgehead atoms. The Kier molecular flexibility index (Phi) is 6.31. The van der Waals surface area contributed by atoms with Crippen molar-refractivity contribution in [2.75, 3.05) is 33.6 Å². The summed E-state index contributed by atoms with van der Waals surface area (Å²) in [7, 11) is 6.60. The normalized spacial score (nSPS) is 36.0. The Bertz CT molecular complexity index is 1150. The zero-order chi connectivity index (χ0) is 26.6. The van der Waals surface area contributed by atoms with Gasteiger partial charge in [-0.3, -0.25) is 15.0 Å². The number of carbonyl (C=O) groups is 3. The van der Waals surface area contributed by atoms with E-state index in [9.17, 15) is 14.4 Å². The van der Waals surface area contributed by atoms with Crippen molar-refractivity contribution in [2.24, 2.45) is 11.8 Å². The number of hydrogen-bond donors (Lipinski definition) is 1. The molecule has 1 N–H and O–H groups in total. The first-order chi connectivity index (χ1) is 17.6. The van der Waals surface area contributed by atoms with Crippen LogP contribution in [0.25, 0.3) is 0 Å². The highest BCUT2D eigenvalue weighted by Crippen LogP contribution is 2.51. The molecule has 0 aromatic heterocycles. The van der Waals surface area contributed by atoms with Gasteiger partial charge in [0, 0.05) is 18.4 Å². The van der Waals surface area contributed by atoms with E-state index in [0.29, 0.717) is 29.2 Å². The largest absolute Gasteiger partial charge is 0.497 e. The molecule has 11 heteroatoms. The summed E-state index contributed by atoms with van der Waals surface area (Å²) < 4.78 is 34.1. The van der Waals surface area contributed by atoms with Gasteiger partial charge in [-0.25, -0.2) is 9.59 Å². The Labute approximate surface area is 214 Å². The van der Waals surface area contributed by atoms with E-state index in [0.717, 1.165) is 0 Å². The standard InChI is InChI=1S/C26H32N2O9/c1-12-19-17-10-14(24(30)34-17)20(28(3)4)21(22-26(2,37-22)11-18(19)35-23(12)29)36-25(31)27-15-9-13(32-5)7-8-16(15)33-6/h7-10,12,17-22H,11H2,1-6H3,(H,27,31). The highest BCUT2D eigenvalue weighted by molar-refractivity contribution is 5.93. The third-order valence-corrected chi connectivity index (χ3v) is 7.77. The predicted molar refractivity (Wildman–Crippen MR) is 129 cm³/mol. The first-order valence-corrected chi connectivity index (χ1v) is 12.2. The van der Waals surface area contributed by atoms with Crippen molar-refractivity contribution in [1.82, 2.24) is 4.90 Å². The van der Waals surface area contributed by atoms with Gasteiger partial charge >= 0.3 is 18.0 Å². The monoisotopic (exact) mass is 516 g/mol. The highest BCUT2D eigenvalue weighted by Gasteiger charge is 2.65. The fourth-order valence-corrected chi connectivity index (χ4v) is 5.82. The molecule has 8 unspecified atom stereocenters. The zero-order valence-corrected chi connectivity index (χ0v) is 21.7. The Balaban J connectivity index is 1.47. The van der Waals surface area contributed by atoms with Crippen molar-refractivity contribution in [1.29, 1.82) is 0 Å². The quantitative estimate of drug-likeness (QED) is 0.353. The van der Waals surface area contributed by atoms with E-state index in [1.165, 1.54) is 14.2 Å². The van der Waals surface area contributed by atoms with E-state index in [4.69, 9.17) is 28.4 Å². The molecule has 2 fully saturated rings. The summed E-state index contributed by atoms with van der Waals surface area (Å²) in [6, 6.07) is 4.35. The van der Waals surface area contributed by atoms with Crippen LogP contribution in [0.5, 0.6) is 11.5 Å². The Hall–Kier alpha value is -3.31. The smallest absolute Gasteiger partial charge is 0.412 e. The molecular weight excluding hydrogens is 484 g/mol. The molecule has 0 radical (unpaired) electrons. The van der Waals surface area contributed by atoms with Crippen LogP contribution in [0.2, 0.25) is 0 Å². The number of anilines is 1. The lowest BCUT2D eigenvalue weighted by atomic mass is 9.79. The second-order valence-electron chi connectivity index (χ2n) is 10.4. The summed E-state index contributed by atoms with van der Waals surface area (Å²) in [5, 5.41) is 2.72. The number of rotatable bonds is 5. The van der Waals surface area contributed by atoms with E-state index in [1.807, 2.05) is 6.92 Å². The molecule has 0 spiro atoms. The molecule has 11 nitrogen and oxygen atoms in total. The maximum Gasteiger partial charge on any atom is 0.412 e. The number of amides is 1. The number of likely N-dealkylation sites (N-methyl/N-ethyl adjacent to an activating group) is 1. The van der Waals surface area contributed by atoms with E-state index in [-0.39, 0.29) is 11.9 Å². The number of ether oxygens (including phenoxy) is 6. The first kappa shape index (κ1) is 25.3. The Morgan fingerprint density at radius 1 is 1.16 bits per heavy atom. The van der Waals surface area contributed by atoms with Crippen molar-refractivity contribution < 1.29 is 42.8 Å². The van der Waals surface area contributed by atoms with E-state index < -0.39 is 54.0 Å². The number of nitrogens with one attached hydrogen (secondary N) is 1. The molecule has 5 rings (SSSR count). The Morgan fingerprint density at radius 3 is 2.59 bits per heavy atom. The van der Waals surface area contributed by atoms with E-state index >= 15 is 0 Å². The van der Waals surface area contributed by atoms with Gasteiger partial charge in [0.15, 0.2) is 6.10 Å². The van der Waals surface area contributed by atoms with Crippen LogP contribution in [0.4, 0.5) is 10.5 Å². The molecule has 1 amide bonds. The Morgan fingerprint density at radius 2 is 1.92 bits per heavy atom. The minimum Gasteiger partial charge on any atom is -0.497 e. The molecule has 1 aliphatic carbocycles. The highest BCUT2D eigenvalue weighted by atomic mass is 16.7. The third-order valence-electron chi connectivity index (χ3n) is 7.77. The SMILES string of the molecule is COc1ccc(OC)c(NC(=O)OC2C(N(C)C)C3=CC(OC3=O)C3C(CC4(C)OC24)OC(=O)C3C)c1. The number of benzene rings is 1. The topological polar surface area (TPSA) is 125 Å². The fourth-order valence-electron chi connectivity index (χ4n) is 5.82. The molecule has 200 valence electrons. The molecule has 4 aliphatic rings. The number of carbonyl (C=O) groups excluding carboxylic acids is 3. The number of fused-ring (bicyclic) bond motifs is 4. The van der Waals surface area contributed by atoms with Crippen molar-refractivity contribution in [3.63, 3.8) is 0 Å². The number of methoxy groups -OCH3 is 2. The zero-order valence-electron chi connectivity index (χ0n) is 21.7. The van der Waals surface area contributed by atoms with Gasteiger partial charge in [0.1, 0.15) is 29.8 Å². The lowest BCUT2D eigenvalue weighted by Gasteiger charge is -2.32. The number of epoxide rings is 1.